The minimum Gasteiger partial charge on any atom is -0.507 e. The van der Waals surface area contributed by atoms with Gasteiger partial charge in [0.05, 0.1) is 6.61 Å². The summed E-state index contributed by atoms with van der Waals surface area (Å²) in [5, 5.41) is 10.3. The molecule has 1 aromatic carbocycles. The van der Waals surface area contributed by atoms with E-state index < -0.39 is 0 Å². The molecule has 3 nitrogen and oxygen atoms in total. The highest BCUT2D eigenvalue weighted by Gasteiger charge is 2.19. The lowest BCUT2D eigenvalue weighted by atomic mass is 9.85. The summed E-state index contributed by atoms with van der Waals surface area (Å²) in [5.41, 5.74) is 2.15. The molecule has 1 aromatic rings. The predicted molar refractivity (Wildman–Crippen MR) is 80.9 cm³/mol. The fourth-order valence-corrected chi connectivity index (χ4v) is 1.95. The Bertz CT molecular complexity index is 495. The fourth-order valence-electron chi connectivity index (χ4n) is 1.95. The average Bonchev–Trinajstić information content (AvgIpc) is 2.34. The fraction of sp³-hybridized carbons (Fsp3) is 0.471. The van der Waals surface area contributed by atoms with Crippen LogP contribution in [-0.2, 0) is 21.4 Å². The Morgan fingerprint density at radius 2 is 2.00 bits per heavy atom. The van der Waals surface area contributed by atoms with Crippen LogP contribution in [0.1, 0.15) is 45.2 Å². The highest BCUT2D eigenvalue weighted by atomic mass is 16.5. The van der Waals surface area contributed by atoms with Crippen molar-refractivity contribution in [1.82, 2.24) is 0 Å². The number of ether oxygens (including phenoxy) is 1. The number of aryl methyl sites for hydroxylation is 1. The minimum atomic E-state index is -0.363. The first kappa shape index (κ1) is 16.3. The Labute approximate surface area is 121 Å². The lowest BCUT2D eigenvalue weighted by Gasteiger charge is -2.21. The van der Waals surface area contributed by atoms with E-state index in [9.17, 15) is 9.90 Å². The lowest BCUT2D eigenvalue weighted by molar-refractivity contribution is -0.139. The van der Waals surface area contributed by atoms with Crippen molar-refractivity contribution in [2.24, 2.45) is 0 Å². The van der Waals surface area contributed by atoms with Crippen LogP contribution in [0.5, 0.6) is 5.75 Å². The van der Waals surface area contributed by atoms with E-state index in [4.69, 9.17) is 4.74 Å². The summed E-state index contributed by atoms with van der Waals surface area (Å²) >= 11 is 0. The molecule has 20 heavy (non-hydrogen) atoms. The van der Waals surface area contributed by atoms with E-state index in [0.29, 0.717) is 30.8 Å². The quantitative estimate of drug-likeness (QED) is 0.506. The predicted octanol–water partition coefficient (Wildman–Crippen LogP) is 3.74. The van der Waals surface area contributed by atoms with Crippen LogP contribution in [-0.4, -0.2) is 17.7 Å². The molecule has 3 heteroatoms. The van der Waals surface area contributed by atoms with Crippen molar-refractivity contribution < 1.29 is 14.6 Å². The number of para-hydroxylation sites is 1. The van der Waals surface area contributed by atoms with Gasteiger partial charge in [-0.25, -0.2) is 4.79 Å². The number of carbonyl (C=O) groups is 1. The van der Waals surface area contributed by atoms with Crippen molar-refractivity contribution in [3.63, 3.8) is 0 Å². The van der Waals surface area contributed by atoms with E-state index in [2.05, 4.69) is 27.4 Å². The standard InChI is InChI=1S/C17H24O3/c1-12(2)16(19)20-11-7-9-13-8-6-10-14(15(13)18)17(3,4)5/h6,8,10,18H,1,7,9,11H2,2-5H3. The second-order valence-corrected chi connectivity index (χ2v) is 6.08. The maximum absolute atomic E-state index is 11.2. The minimum absolute atomic E-state index is 0.0908. The molecule has 0 amide bonds. The van der Waals surface area contributed by atoms with Crippen LogP contribution in [0.25, 0.3) is 0 Å². The van der Waals surface area contributed by atoms with E-state index >= 15 is 0 Å². The topological polar surface area (TPSA) is 46.5 Å². The van der Waals surface area contributed by atoms with Crippen LogP contribution in [0.3, 0.4) is 0 Å². The highest BCUT2D eigenvalue weighted by Crippen LogP contribution is 2.33. The van der Waals surface area contributed by atoms with Gasteiger partial charge >= 0.3 is 5.97 Å². The van der Waals surface area contributed by atoms with Crippen LogP contribution in [0.2, 0.25) is 0 Å². The molecule has 0 atom stereocenters. The smallest absolute Gasteiger partial charge is 0.333 e. The highest BCUT2D eigenvalue weighted by molar-refractivity contribution is 5.86. The lowest BCUT2D eigenvalue weighted by Crippen LogP contribution is -2.12. The summed E-state index contributed by atoms with van der Waals surface area (Å²) in [4.78, 5) is 11.2. The number of carbonyl (C=O) groups excluding carboxylic acids is 1. The number of benzene rings is 1. The maximum Gasteiger partial charge on any atom is 0.333 e. The van der Waals surface area contributed by atoms with Gasteiger partial charge in [-0.05, 0) is 36.3 Å². The molecule has 1 rings (SSSR count). The number of phenols is 1. The Hall–Kier alpha value is -1.77. The van der Waals surface area contributed by atoms with Crippen molar-refractivity contribution in [2.75, 3.05) is 6.61 Å². The Balaban J connectivity index is 2.62. The first-order valence-corrected chi connectivity index (χ1v) is 6.87. The Morgan fingerprint density at radius 3 is 2.55 bits per heavy atom. The van der Waals surface area contributed by atoms with Crippen LogP contribution in [0.4, 0.5) is 0 Å². The summed E-state index contributed by atoms with van der Waals surface area (Å²) in [5.74, 6) is -0.0103. The maximum atomic E-state index is 11.2. The molecule has 0 aliphatic heterocycles. The van der Waals surface area contributed by atoms with Gasteiger partial charge in [-0.3, -0.25) is 0 Å². The van der Waals surface area contributed by atoms with Gasteiger partial charge in [0.15, 0.2) is 0 Å². The number of hydrogen-bond donors (Lipinski definition) is 1. The molecule has 1 N–H and O–H groups in total. The van der Waals surface area contributed by atoms with Crippen molar-refractivity contribution in [3.05, 3.63) is 41.5 Å². The third-order valence-corrected chi connectivity index (χ3v) is 3.10. The van der Waals surface area contributed by atoms with E-state index in [-0.39, 0.29) is 11.4 Å². The van der Waals surface area contributed by atoms with Gasteiger partial charge in [0, 0.05) is 5.57 Å². The molecule has 0 fully saturated rings. The third-order valence-electron chi connectivity index (χ3n) is 3.10. The van der Waals surface area contributed by atoms with E-state index in [1.54, 1.807) is 6.92 Å². The van der Waals surface area contributed by atoms with Gasteiger partial charge in [0.1, 0.15) is 5.75 Å². The van der Waals surface area contributed by atoms with Gasteiger partial charge in [0.2, 0.25) is 0 Å². The molecule has 0 saturated carbocycles. The van der Waals surface area contributed by atoms with E-state index in [0.717, 1.165) is 11.1 Å². The number of esters is 1. The largest absolute Gasteiger partial charge is 0.507 e. The zero-order valence-electron chi connectivity index (χ0n) is 12.8. The van der Waals surface area contributed by atoms with E-state index in [1.807, 2.05) is 18.2 Å². The Kier molecular flexibility index (Phi) is 5.37. The van der Waals surface area contributed by atoms with Crippen LogP contribution in [0.15, 0.2) is 30.4 Å². The first-order valence-electron chi connectivity index (χ1n) is 6.87. The normalized spacial score (nSPS) is 11.2. The molecular weight excluding hydrogens is 252 g/mol. The van der Waals surface area contributed by atoms with E-state index in [1.165, 1.54) is 0 Å². The van der Waals surface area contributed by atoms with Crippen LogP contribution >= 0.6 is 0 Å². The van der Waals surface area contributed by atoms with Crippen molar-refractivity contribution in [2.45, 2.75) is 46.0 Å². The summed E-state index contributed by atoms with van der Waals surface area (Å²) in [6.45, 7) is 11.7. The number of aromatic hydroxyl groups is 1. The number of phenolic OH excluding ortho intramolecular Hbond substituents is 1. The molecule has 0 aliphatic carbocycles. The molecule has 0 unspecified atom stereocenters. The van der Waals surface area contributed by atoms with Crippen molar-refractivity contribution in [3.8, 4) is 5.75 Å². The SMILES string of the molecule is C=C(C)C(=O)OCCCc1cccc(C(C)(C)C)c1O. The Morgan fingerprint density at radius 1 is 1.35 bits per heavy atom. The summed E-state index contributed by atoms with van der Waals surface area (Å²) in [6.07, 6.45) is 1.36. The van der Waals surface area contributed by atoms with Gasteiger partial charge in [0.25, 0.3) is 0 Å². The first-order chi connectivity index (χ1) is 9.23. The number of rotatable bonds is 5. The number of hydrogen-bond acceptors (Lipinski definition) is 3. The zero-order valence-corrected chi connectivity index (χ0v) is 12.8. The van der Waals surface area contributed by atoms with Crippen molar-refractivity contribution >= 4 is 5.97 Å². The summed E-state index contributed by atoms with van der Waals surface area (Å²) in [6, 6.07) is 5.81. The molecule has 0 aromatic heterocycles. The molecular formula is C17H24O3. The summed E-state index contributed by atoms with van der Waals surface area (Å²) in [7, 11) is 0. The summed E-state index contributed by atoms with van der Waals surface area (Å²) < 4.78 is 5.04. The third kappa shape index (κ3) is 4.41. The monoisotopic (exact) mass is 276 g/mol. The average molecular weight is 276 g/mol. The van der Waals surface area contributed by atoms with Gasteiger partial charge in [-0.2, -0.15) is 0 Å². The molecule has 0 aliphatic rings. The van der Waals surface area contributed by atoms with Gasteiger partial charge < -0.3 is 9.84 Å². The molecule has 0 saturated heterocycles. The van der Waals surface area contributed by atoms with Crippen molar-refractivity contribution in [1.29, 1.82) is 0 Å². The second-order valence-electron chi connectivity index (χ2n) is 6.08. The molecule has 0 heterocycles. The van der Waals surface area contributed by atoms with Gasteiger partial charge in [-0.1, -0.05) is 45.5 Å². The molecule has 110 valence electrons. The zero-order chi connectivity index (χ0) is 15.3. The van der Waals surface area contributed by atoms with Crippen LogP contribution in [0, 0.1) is 0 Å². The van der Waals surface area contributed by atoms with Gasteiger partial charge in [-0.15, -0.1) is 0 Å². The van der Waals surface area contributed by atoms with Crippen LogP contribution < -0.4 is 0 Å². The molecule has 0 spiro atoms. The second kappa shape index (κ2) is 6.60. The molecule has 0 bridgehead atoms. The molecule has 0 radical (unpaired) electrons.